The molecular weight excluding hydrogens is 195 g/mol. The van der Waals surface area contributed by atoms with Gasteiger partial charge in [-0.15, -0.1) is 0 Å². The molecule has 0 spiro atoms. The third-order valence-electron chi connectivity index (χ3n) is 1.78. The third kappa shape index (κ3) is 2.24. The van der Waals surface area contributed by atoms with Crippen LogP contribution in [0.1, 0.15) is 11.6 Å². The predicted octanol–water partition coefficient (Wildman–Crippen LogP) is 1.75. The summed E-state index contributed by atoms with van der Waals surface area (Å²) in [5, 5.41) is 0. The van der Waals surface area contributed by atoms with Crippen molar-refractivity contribution in [2.75, 3.05) is 13.7 Å². The van der Waals surface area contributed by atoms with Crippen LogP contribution >= 0.6 is 0 Å². The van der Waals surface area contributed by atoms with E-state index in [4.69, 9.17) is 10.5 Å². The first kappa shape index (κ1) is 11.0. The monoisotopic (exact) mass is 205 g/mol. The minimum absolute atomic E-state index is 0.116. The van der Waals surface area contributed by atoms with Crippen LogP contribution in [0.5, 0.6) is 0 Å². The average molecular weight is 205 g/mol. The molecule has 1 atom stereocenters. The van der Waals surface area contributed by atoms with Crippen molar-refractivity contribution in [3.63, 3.8) is 0 Å². The number of hydrogen-bond acceptors (Lipinski definition) is 2. The van der Waals surface area contributed by atoms with Crippen LogP contribution in [0.15, 0.2) is 12.1 Å². The molecular formula is C9H10F3NO. The lowest BCUT2D eigenvalue weighted by atomic mass is 10.1. The maximum absolute atomic E-state index is 12.7. The second-order valence-electron chi connectivity index (χ2n) is 2.86. The van der Waals surface area contributed by atoms with E-state index in [1.54, 1.807) is 0 Å². The smallest absolute Gasteiger partial charge is 0.194 e. The molecule has 1 aromatic rings. The number of methoxy groups -OCH3 is 1. The summed E-state index contributed by atoms with van der Waals surface area (Å²) in [4.78, 5) is 0. The Labute approximate surface area is 79.5 Å². The normalized spacial score (nSPS) is 12.9. The molecule has 1 rings (SSSR count). The Morgan fingerprint density at radius 3 is 2.21 bits per heavy atom. The van der Waals surface area contributed by atoms with Gasteiger partial charge >= 0.3 is 0 Å². The Morgan fingerprint density at radius 1 is 1.29 bits per heavy atom. The van der Waals surface area contributed by atoms with Gasteiger partial charge in [-0.05, 0) is 17.7 Å². The summed E-state index contributed by atoms with van der Waals surface area (Å²) in [5.41, 5.74) is 5.68. The van der Waals surface area contributed by atoms with Gasteiger partial charge in [0.05, 0.1) is 12.6 Å². The van der Waals surface area contributed by atoms with Gasteiger partial charge in [0.2, 0.25) is 0 Å². The maximum atomic E-state index is 12.7. The number of benzene rings is 1. The van der Waals surface area contributed by atoms with Gasteiger partial charge in [-0.3, -0.25) is 0 Å². The average Bonchev–Trinajstić information content (AvgIpc) is 2.13. The molecule has 0 bridgehead atoms. The van der Waals surface area contributed by atoms with Crippen LogP contribution in [0.25, 0.3) is 0 Å². The Balaban J connectivity index is 3.00. The first-order valence-electron chi connectivity index (χ1n) is 3.95. The van der Waals surface area contributed by atoms with Gasteiger partial charge < -0.3 is 10.5 Å². The quantitative estimate of drug-likeness (QED) is 0.763. The Bertz CT molecular complexity index is 307. The first-order chi connectivity index (χ1) is 6.56. The molecule has 2 N–H and O–H groups in total. The molecule has 14 heavy (non-hydrogen) atoms. The molecule has 0 radical (unpaired) electrons. The fourth-order valence-corrected chi connectivity index (χ4v) is 1.06. The van der Waals surface area contributed by atoms with Gasteiger partial charge in [0.1, 0.15) is 0 Å². The van der Waals surface area contributed by atoms with Gasteiger partial charge in [0.15, 0.2) is 17.5 Å². The number of halogens is 3. The summed E-state index contributed by atoms with van der Waals surface area (Å²) in [7, 11) is 1.41. The second kappa shape index (κ2) is 4.43. The number of ether oxygens (including phenoxy) is 1. The van der Waals surface area contributed by atoms with E-state index in [0.29, 0.717) is 0 Å². The topological polar surface area (TPSA) is 35.2 Å². The van der Waals surface area contributed by atoms with Crippen LogP contribution < -0.4 is 5.73 Å². The largest absolute Gasteiger partial charge is 0.383 e. The lowest BCUT2D eigenvalue weighted by Crippen LogP contribution is -2.16. The summed E-state index contributed by atoms with van der Waals surface area (Å²) < 4.78 is 42.7. The highest BCUT2D eigenvalue weighted by Gasteiger charge is 2.14. The predicted molar refractivity (Wildman–Crippen MR) is 45.1 cm³/mol. The third-order valence-corrected chi connectivity index (χ3v) is 1.78. The molecule has 1 aromatic carbocycles. The van der Waals surface area contributed by atoms with E-state index in [-0.39, 0.29) is 12.2 Å². The van der Waals surface area contributed by atoms with Gasteiger partial charge in [0, 0.05) is 7.11 Å². The summed E-state index contributed by atoms with van der Waals surface area (Å²) in [6.45, 7) is 0.116. The van der Waals surface area contributed by atoms with Crippen LogP contribution in [-0.2, 0) is 4.74 Å². The van der Waals surface area contributed by atoms with E-state index in [9.17, 15) is 13.2 Å². The maximum Gasteiger partial charge on any atom is 0.194 e. The molecule has 78 valence electrons. The highest BCUT2D eigenvalue weighted by molar-refractivity contribution is 5.22. The van der Waals surface area contributed by atoms with Crippen molar-refractivity contribution >= 4 is 0 Å². The standard InChI is InChI=1S/C9H10F3NO/c1-14-4-8(13)5-2-6(10)9(12)7(11)3-5/h2-3,8H,4,13H2,1H3/t8-/m1/s1. The van der Waals surface area contributed by atoms with Crippen LogP contribution in [0.4, 0.5) is 13.2 Å². The lowest BCUT2D eigenvalue weighted by molar-refractivity contribution is 0.180. The van der Waals surface area contributed by atoms with Crippen molar-refractivity contribution in [2.45, 2.75) is 6.04 Å². The molecule has 0 saturated carbocycles. The lowest BCUT2D eigenvalue weighted by Gasteiger charge is -2.11. The van der Waals surface area contributed by atoms with Crippen molar-refractivity contribution in [1.82, 2.24) is 0 Å². The SMILES string of the molecule is COC[C@@H](N)c1cc(F)c(F)c(F)c1. The fraction of sp³-hybridized carbons (Fsp3) is 0.333. The molecule has 0 fully saturated rings. The minimum Gasteiger partial charge on any atom is -0.383 e. The minimum atomic E-state index is -1.49. The van der Waals surface area contributed by atoms with E-state index in [0.717, 1.165) is 12.1 Å². The van der Waals surface area contributed by atoms with Gasteiger partial charge in [-0.2, -0.15) is 0 Å². The molecule has 0 aliphatic carbocycles. The van der Waals surface area contributed by atoms with Crippen molar-refractivity contribution in [2.24, 2.45) is 5.73 Å². The van der Waals surface area contributed by atoms with Gasteiger partial charge in [0.25, 0.3) is 0 Å². The molecule has 0 aliphatic heterocycles. The van der Waals surface area contributed by atoms with E-state index in [1.807, 2.05) is 0 Å². The highest BCUT2D eigenvalue weighted by Crippen LogP contribution is 2.17. The summed E-state index contributed by atoms with van der Waals surface area (Å²) >= 11 is 0. The fourth-order valence-electron chi connectivity index (χ4n) is 1.06. The zero-order chi connectivity index (χ0) is 10.7. The molecule has 0 unspecified atom stereocenters. The van der Waals surface area contributed by atoms with Crippen molar-refractivity contribution in [3.8, 4) is 0 Å². The molecule has 0 aromatic heterocycles. The summed E-state index contributed by atoms with van der Waals surface area (Å²) in [5.74, 6) is -3.98. The summed E-state index contributed by atoms with van der Waals surface area (Å²) in [6, 6.07) is 1.06. The molecule has 0 heterocycles. The van der Waals surface area contributed by atoms with Crippen LogP contribution in [0, 0.1) is 17.5 Å². The molecule has 5 heteroatoms. The van der Waals surface area contributed by atoms with E-state index in [1.165, 1.54) is 7.11 Å². The number of nitrogens with two attached hydrogens (primary N) is 1. The zero-order valence-corrected chi connectivity index (χ0v) is 7.56. The van der Waals surface area contributed by atoms with Gasteiger partial charge in [-0.25, -0.2) is 13.2 Å². The Morgan fingerprint density at radius 2 is 1.79 bits per heavy atom. The van der Waals surface area contributed by atoms with Crippen LogP contribution in [0.3, 0.4) is 0 Å². The van der Waals surface area contributed by atoms with E-state index in [2.05, 4.69) is 0 Å². The van der Waals surface area contributed by atoms with Crippen LogP contribution in [-0.4, -0.2) is 13.7 Å². The highest BCUT2D eigenvalue weighted by atomic mass is 19.2. The molecule has 0 aliphatic rings. The summed E-state index contributed by atoms with van der Waals surface area (Å²) in [6.07, 6.45) is 0. The second-order valence-corrected chi connectivity index (χ2v) is 2.86. The molecule has 0 saturated heterocycles. The van der Waals surface area contributed by atoms with Crippen molar-refractivity contribution < 1.29 is 17.9 Å². The first-order valence-corrected chi connectivity index (χ1v) is 3.95. The van der Waals surface area contributed by atoms with Gasteiger partial charge in [-0.1, -0.05) is 0 Å². The molecule has 2 nitrogen and oxygen atoms in total. The molecule has 0 amide bonds. The number of hydrogen-bond donors (Lipinski definition) is 1. The van der Waals surface area contributed by atoms with E-state index >= 15 is 0 Å². The van der Waals surface area contributed by atoms with E-state index < -0.39 is 23.5 Å². The Hall–Kier alpha value is -1.07. The zero-order valence-electron chi connectivity index (χ0n) is 7.56. The Kier molecular flexibility index (Phi) is 3.49. The number of rotatable bonds is 3. The van der Waals surface area contributed by atoms with Crippen molar-refractivity contribution in [3.05, 3.63) is 35.1 Å². The van der Waals surface area contributed by atoms with Crippen molar-refractivity contribution in [1.29, 1.82) is 0 Å². The van der Waals surface area contributed by atoms with Crippen LogP contribution in [0.2, 0.25) is 0 Å².